The van der Waals surface area contributed by atoms with Gasteiger partial charge in [-0.15, -0.1) is 0 Å². The van der Waals surface area contributed by atoms with Gasteiger partial charge in [-0.1, -0.05) is 59.8 Å². The Hall–Kier alpha value is -0.530. The first-order valence-corrected chi connectivity index (χ1v) is 7.32. The number of ether oxygens (including phenoxy) is 1. The summed E-state index contributed by atoms with van der Waals surface area (Å²) in [5, 5.41) is 0. The van der Waals surface area contributed by atoms with Crippen LogP contribution in [0.15, 0.2) is 0 Å². The molecule has 0 fully saturated rings. The largest absolute Gasteiger partial charge is 0.465 e. The van der Waals surface area contributed by atoms with Crippen molar-refractivity contribution in [3.63, 3.8) is 0 Å². The molecule has 0 aliphatic rings. The Morgan fingerprint density at radius 2 is 1.76 bits per heavy atom. The minimum absolute atomic E-state index is 0.0308. The Morgan fingerprint density at radius 3 is 2.29 bits per heavy atom. The summed E-state index contributed by atoms with van der Waals surface area (Å²) in [7, 11) is 0. The molecule has 2 atom stereocenters. The molecule has 0 bridgehead atoms. The molecule has 0 saturated heterocycles. The van der Waals surface area contributed by atoms with E-state index in [1.165, 1.54) is 12.8 Å². The molecule has 0 spiro atoms. The molecule has 0 N–H and O–H groups in total. The quantitative estimate of drug-likeness (QED) is 0.414. The molecule has 2 unspecified atom stereocenters. The third-order valence-electron chi connectivity index (χ3n) is 3.33. The van der Waals surface area contributed by atoms with Crippen LogP contribution in [0.25, 0.3) is 0 Å². The zero-order valence-electron chi connectivity index (χ0n) is 12.1. The predicted molar refractivity (Wildman–Crippen MR) is 73.0 cm³/mol. The van der Waals surface area contributed by atoms with E-state index >= 15 is 0 Å². The van der Waals surface area contributed by atoms with Crippen molar-refractivity contribution in [1.29, 1.82) is 0 Å². The molecule has 0 amide bonds. The molecule has 0 aliphatic carbocycles. The summed E-state index contributed by atoms with van der Waals surface area (Å²) in [6.45, 7) is 9.16. The molecule has 0 aromatic carbocycles. The molecule has 102 valence electrons. The Kier molecular flexibility index (Phi) is 10.3. The smallest absolute Gasteiger partial charge is 0.308 e. The predicted octanol–water partition coefficient (Wildman–Crippen LogP) is 4.57. The number of unbranched alkanes of at least 4 members (excludes halogenated alkanes) is 2. The normalized spacial score (nSPS) is 14.4. The molecule has 0 aliphatic heterocycles. The van der Waals surface area contributed by atoms with Crippen molar-refractivity contribution in [2.75, 3.05) is 6.61 Å². The lowest BCUT2D eigenvalue weighted by molar-refractivity contribution is -0.150. The number of esters is 1. The maximum atomic E-state index is 11.9. The van der Waals surface area contributed by atoms with Crippen LogP contribution < -0.4 is 0 Å². The second kappa shape index (κ2) is 10.6. The van der Waals surface area contributed by atoms with Crippen molar-refractivity contribution in [3.05, 3.63) is 0 Å². The van der Waals surface area contributed by atoms with Crippen molar-refractivity contribution in [2.24, 2.45) is 11.8 Å². The number of carbonyl (C=O) groups excluding carboxylic acids is 1. The molecular formula is C15H30O2. The summed E-state index contributed by atoms with van der Waals surface area (Å²) >= 11 is 0. The van der Waals surface area contributed by atoms with Crippen molar-refractivity contribution in [1.82, 2.24) is 0 Å². The molecule has 2 heteroatoms. The average Bonchev–Trinajstić information content (AvgIpc) is 2.34. The van der Waals surface area contributed by atoms with Gasteiger partial charge in [-0.25, -0.2) is 0 Å². The third kappa shape index (κ3) is 8.23. The maximum absolute atomic E-state index is 11.9. The van der Waals surface area contributed by atoms with Crippen LogP contribution in [-0.4, -0.2) is 12.6 Å². The van der Waals surface area contributed by atoms with Gasteiger partial charge >= 0.3 is 5.97 Å². The molecule has 0 aromatic heterocycles. The third-order valence-corrected chi connectivity index (χ3v) is 3.33. The van der Waals surface area contributed by atoms with Crippen LogP contribution in [0.2, 0.25) is 0 Å². The summed E-state index contributed by atoms with van der Waals surface area (Å²) in [6.07, 6.45) is 7.69. The van der Waals surface area contributed by atoms with Crippen LogP contribution in [0.4, 0.5) is 0 Å². The minimum atomic E-state index is 0.0308. The van der Waals surface area contributed by atoms with Gasteiger partial charge in [-0.05, 0) is 18.8 Å². The first-order chi connectivity index (χ1) is 8.15. The lowest BCUT2D eigenvalue weighted by atomic mass is 9.96. The second-order valence-electron chi connectivity index (χ2n) is 5.12. The topological polar surface area (TPSA) is 26.3 Å². The van der Waals surface area contributed by atoms with Crippen LogP contribution in [-0.2, 0) is 9.53 Å². The summed E-state index contributed by atoms with van der Waals surface area (Å²) < 4.78 is 5.40. The van der Waals surface area contributed by atoms with Gasteiger partial charge in [0.15, 0.2) is 0 Å². The fraction of sp³-hybridized carbons (Fsp3) is 0.933. The number of rotatable bonds is 10. The van der Waals surface area contributed by atoms with Gasteiger partial charge in [-0.2, -0.15) is 0 Å². The van der Waals surface area contributed by atoms with E-state index in [0.717, 1.165) is 32.1 Å². The fourth-order valence-corrected chi connectivity index (χ4v) is 1.83. The van der Waals surface area contributed by atoms with E-state index in [0.29, 0.717) is 12.5 Å². The lowest BCUT2D eigenvalue weighted by Gasteiger charge is -2.16. The first-order valence-electron chi connectivity index (χ1n) is 7.32. The number of hydrogen-bond acceptors (Lipinski definition) is 2. The minimum Gasteiger partial charge on any atom is -0.465 e. The maximum Gasteiger partial charge on any atom is 0.308 e. The standard InChI is InChI=1S/C15H30O2/c1-5-8-9-11-14(10-6-2)15(16)17-12-13(4)7-3/h13-14H,5-12H2,1-4H3. The van der Waals surface area contributed by atoms with Crippen LogP contribution in [0, 0.1) is 11.8 Å². The highest BCUT2D eigenvalue weighted by atomic mass is 16.5. The Labute approximate surface area is 107 Å². The second-order valence-corrected chi connectivity index (χ2v) is 5.12. The van der Waals surface area contributed by atoms with Gasteiger partial charge in [0.25, 0.3) is 0 Å². The van der Waals surface area contributed by atoms with E-state index in [4.69, 9.17) is 4.74 Å². The van der Waals surface area contributed by atoms with Gasteiger partial charge in [-0.3, -0.25) is 4.79 Å². The van der Waals surface area contributed by atoms with Crippen molar-refractivity contribution < 1.29 is 9.53 Å². The van der Waals surface area contributed by atoms with Crippen LogP contribution in [0.5, 0.6) is 0 Å². The van der Waals surface area contributed by atoms with Crippen LogP contribution in [0.1, 0.15) is 72.6 Å². The van der Waals surface area contributed by atoms with Gasteiger partial charge in [0.05, 0.1) is 12.5 Å². The van der Waals surface area contributed by atoms with E-state index in [2.05, 4.69) is 27.7 Å². The molecular weight excluding hydrogens is 212 g/mol. The van der Waals surface area contributed by atoms with Gasteiger partial charge in [0.2, 0.25) is 0 Å². The van der Waals surface area contributed by atoms with Crippen LogP contribution >= 0.6 is 0 Å². The molecule has 0 rings (SSSR count). The molecule has 0 saturated carbocycles. The molecule has 0 aromatic rings. The van der Waals surface area contributed by atoms with Gasteiger partial charge < -0.3 is 4.74 Å². The van der Waals surface area contributed by atoms with E-state index < -0.39 is 0 Å². The number of hydrogen-bond donors (Lipinski definition) is 0. The lowest BCUT2D eigenvalue weighted by Crippen LogP contribution is -2.20. The highest BCUT2D eigenvalue weighted by Crippen LogP contribution is 2.18. The summed E-state index contributed by atoms with van der Waals surface area (Å²) in [4.78, 5) is 11.9. The van der Waals surface area contributed by atoms with Crippen molar-refractivity contribution >= 4 is 5.97 Å². The highest BCUT2D eigenvalue weighted by molar-refractivity contribution is 5.72. The van der Waals surface area contributed by atoms with E-state index in [1.54, 1.807) is 0 Å². The van der Waals surface area contributed by atoms with Crippen LogP contribution in [0.3, 0.4) is 0 Å². The molecule has 0 radical (unpaired) electrons. The Balaban J connectivity index is 3.96. The zero-order chi connectivity index (χ0) is 13.1. The van der Waals surface area contributed by atoms with Crippen molar-refractivity contribution in [3.8, 4) is 0 Å². The van der Waals surface area contributed by atoms with E-state index in [-0.39, 0.29) is 11.9 Å². The summed E-state index contributed by atoms with van der Waals surface area (Å²) in [6, 6.07) is 0. The first kappa shape index (κ1) is 16.5. The number of carbonyl (C=O) groups is 1. The molecule has 17 heavy (non-hydrogen) atoms. The van der Waals surface area contributed by atoms with E-state index in [9.17, 15) is 4.79 Å². The van der Waals surface area contributed by atoms with E-state index in [1.807, 2.05) is 0 Å². The SMILES string of the molecule is CCCCCC(CCC)C(=O)OCC(C)CC. The van der Waals surface area contributed by atoms with Crippen molar-refractivity contribution in [2.45, 2.75) is 72.6 Å². The molecule has 2 nitrogen and oxygen atoms in total. The summed E-state index contributed by atoms with van der Waals surface area (Å²) in [5.41, 5.74) is 0. The zero-order valence-corrected chi connectivity index (χ0v) is 12.1. The summed E-state index contributed by atoms with van der Waals surface area (Å²) in [5.74, 6) is 0.649. The molecule has 0 heterocycles. The average molecular weight is 242 g/mol. The van der Waals surface area contributed by atoms with Gasteiger partial charge in [0.1, 0.15) is 0 Å². The Bertz CT molecular complexity index is 189. The highest BCUT2D eigenvalue weighted by Gasteiger charge is 2.19. The monoisotopic (exact) mass is 242 g/mol. The van der Waals surface area contributed by atoms with Gasteiger partial charge in [0, 0.05) is 0 Å². The Morgan fingerprint density at radius 1 is 1.06 bits per heavy atom. The fourth-order valence-electron chi connectivity index (χ4n) is 1.83.